The van der Waals surface area contributed by atoms with Crippen molar-refractivity contribution >= 4 is 22.7 Å². The maximum absolute atomic E-state index is 13.3. The van der Waals surface area contributed by atoms with Crippen LogP contribution in [0.1, 0.15) is 11.4 Å². The average Bonchev–Trinajstić information content (AvgIpc) is 3.34. The number of pyridine rings is 1. The van der Waals surface area contributed by atoms with E-state index in [2.05, 4.69) is 21.6 Å². The van der Waals surface area contributed by atoms with Crippen LogP contribution in [0.25, 0.3) is 22.3 Å². The van der Waals surface area contributed by atoms with Gasteiger partial charge in [0.05, 0.1) is 22.6 Å². The zero-order valence-electron chi connectivity index (χ0n) is 17.0. The fraction of sp³-hybridized carbons (Fsp3) is 0.136. The van der Waals surface area contributed by atoms with Crippen molar-refractivity contribution < 1.29 is 0 Å². The Hall–Kier alpha value is -3.72. The third kappa shape index (κ3) is 3.42. The van der Waals surface area contributed by atoms with Crippen LogP contribution in [0.4, 0.5) is 0 Å². The highest BCUT2D eigenvalue weighted by Crippen LogP contribution is 2.23. The fourth-order valence-corrected chi connectivity index (χ4v) is 4.32. The van der Waals surface area contributed by atoms with Gasteiger partial charge in [0.1, 0.15) is 0 Å². The molecule has 0 amide bonds. The lowest BCUT2D eigenvalue weighted by molar-refractivity contribution is 0.630. The largest absolute Gasteiger partial charge is 0.297 e. The first kappa shape index (κ1) is 19.3. The summed E-state index contributed by atoms with van der Waals surface area (Å²) >= 11 is 1.45. The molecule has 3 aromatic heterocycles. The van der Waals surface area contributed by atoms with Crippen molar-refractivity contribution in [3.05, 3.63) is 88.5 Å². The Bertz CT molecular complexity index is 1440. The summed E-state index contributed by atoms with van der Waals surface area (Å²) < 4.78 is 4.95. The molecule has 0 spiro atoms. The van der Waals surface area contributed by atoms with E-state index in [9.17, 15) is 4.79 Å². The number of aromatic nitrogens is 7. The molecule has 2 aromatic carbocycles. The lowest BCUT2D eigenvalue weighted by Crippen LogP contribution is -2.22. The summed E-state index contributed by atoms with van der Waals surface area (Å²) in [4.78, 5) is 18.0. The van der Waals surface area contributed by atoms with Gasteiger partial charge < -0.3 is 0 Å². The van der Waals surface area contributed by atoms with E-state index in [1.54, 1.807) is 4.68 Å². The molecule has 0 aliphatic heterocycles. The van der Waals surface area contributed by atoms with Crippen LogP contribution < -0.4 is 5.56 Å². The Morgan fingerprint density at radius 2 is 1.74 bits per heavy atom. The predicted molar refractivity (Wildman–Crippen MR) is 120 cm³/mol. The van der Waals surface area contributed by atoms with Gasteiger partial charge in [-0.3, -0.25) is 14.5 Å². The molecule has 0 aliphatic rings. The molecule has 0 bridgehead atoms. The normalized spacial score (nSPS) is 11.3. The highest BCUT2D eigenvalue weighted by molar-refractivity contribution is 7.98. The third-order valence-corrected chi connectivity index (χ3v) is 6.13. The molecule has 154 valence electrons. The van der Waals surface area contributed by atoms with E-state index in [4.69, 9.17) is 4.98 Å². The van der Waals surface area contributed by atoms with Gasteiger partial charge in [-0.15, -0.1) is 5.10 Å². The van der Waals surface area contributed by atoms with E-state index in [1.807, 2.05) is 79.3 Å². The molecule has 31 heavy (non-hydrogen) atoms. The van der Waals surface area contributed by atoms with Crippen LogP contribution >= 0.6 is 11.8 Å². The van der Waals surface area contributed by atoms with Gasteiger partial charge >= 0.3 is 0 Å². The van der Waals surface area contributed by atoms with Gasteiger partial charge in [0.2, 0.25) is 5.16 Å². The van der Waals surface area contributed by atoms with E-state index >= 15 is 0 Å². The number of thioether (sulfide) groups is 1. The Labute approximate surface area is 182 Å². The molecule has 0 atom stereocenters. The minimum absolute atomic E-state index is 0.177. The van der Waals surface area contributed by atoms with Crippen molar-refractivity contribution in [1.29, 1.82) is 0 Å². The fourth-order valence-electron chi connectivity index (χ4n) is 3.53. The number of hydrogen-bond acceptors (Lipinski definition) is 6. The molecule has 0 saturated carbocycles. The lowest BCUT2D eigenvalue weighted by atomic mass is 10.2. The molecule has 5 rings (SSSR count). The summed E-state index contributed by atoms with van der Waals surface area (Å²) in [5, 5.41) is 13.7. The van der Waals surface area contributed by atoms with Crippen molar-refractivity contribution in [2.75, 3.05) is 0 Å². The Morgan fingerprint density at radius 1 is 0.968 bits per heavy atom. The van der Waals surface area contributed by atoms with Gasteiger partial charge in [0.25, 0.3) is 5.56 Å². The number of hydrogen-bond donors (Lipinski definition) is 0. The summed E-state index contributed by atoms with van der Waals surface area (Å²) in [6.07, 6.45) is 0. The maximum Gasteiger partial charge on any atom is 0.297 e. The molecule has 3 heterocycles. The smallest absolute Gasteiger partial charge is 0.283 e. The van der Waals surface area contributed by atoms with Gasteiger partial charge in [-0.25, -0.2) is 4.68 Å². The van der Waals surface area contributed by atoms with E-state index in [1.165, 1.54) is 16.4 Å². The van der Waals surface area contributed by atoms with Gasteiger partial charge in [0.15, 0.2) is 5.69 Å². The predicted octanol–water partition coefficient (Wildman–Crippen LogP) is 3.30. The Balaban J connectivity index is 1.48. The van der Waals surface area contributed by atoms with Crippen molar-refractivity contribution in [3.63, 3.8) is 0 Å². The molecular weight excluding hydrogens is 410 g/mol. The quantitative estimate of drug-likeness (QED) is 0.399. The van der Waals surface area contributed by atoms with Crippen molar-refractivity contribution in [2.24, 2.45) is 7.05 Å². The number of nitrogens with zero attached hydrogens (tertiary/aromatic N) is 7. The van der Waals surface area contributed by atoms with Gasteiger partial charge in [0, 0.05) is 18.2 Å². The Kier molecular flexibility index (Phi) is 4.87. The summed E-state index contributed by atoms with van der Waals surface area (Å²) in [5.41, 5.74) is 3.68. The van der Waals surface area contributed by atoms with Crippen LogP contribution in [-0.4, -0.2) is 34.6 Å². The molecule has 9 heteroatoms. The molecule has 8 nitrogen and oxygen atoms in total. The average molecular weight is 430 g/mol. The van der Waals surface area contributed by atoms with E-state index in [0.29, 0.717) is 16.6 Å². The zero-order chi connectivity index (χ0) is 21.4. The lowest BCUT2D eigenvalue weighted by Gasteiger charge is -2.07. The number of tetrazole rings is 1. The maximum atomic E-state index is 13.3. The van der Waals surface area contributed by atoms with Crippen LogP contribution in [0, 0.1) is 6.92 Å². The number of fused-ring (bicyclic) bond motifs is 1. The highest BCUT2D eigenvalue weighted by Gasteiger charge is 2.22. The summed E-state index contributed by atoms with van der Waals surface area (Å²) in [6.45, 7) is 1.89. The molecular formula is C22H19N7OS. The molecule has 0 unspecified atom stereocenters. The summed E-state index contributed by atoms with van der Waals surface area (Å²) in [6, 6.07) is 21.6. The topological polar surface area (TPSA) is 83.4 Å². The van der Waals surface area contributed by atoms with Crippen molar-refractivity contribution in [1.82, 2.24) is 34.6 Å². The Morgan fingerprint density at radius 3 is 2.58 bits per heavy atom. The molecule has 0 fully saturated rings. The van der Waals surface area contributed by atoms with E-state index in [0.717, 1.165) is 28.0 Å². The number of benzene rings is 2. The summed E-state index contributed by atoms with van der Waals surface area (Å²) in [5.74, 6) is 0.587. The SMILES string of the molecule is Cc1c(-n2nnnc2SCc2ccc3ccccc3n2)c(=O)n(-c2ccccc2)n1C. The second-order valence-corrected chi connectivity index (χ2v) is 8.01. The monoisotopic (exact) mass is 429 g/mol. The second-order valence-electron chi connectivity index (χ2n) is 7.07. The minimum atomic E-state index is -0.177. The van der Waals surface area contributed by atoms with E-state index in [-0.39, 0.29) is 5.56 Å². The first-order valence-electron chi connectivity index (χ1n) is 9.74. The van der Waals surface area contributed by atoms with Crippen molar-refractivity contribution in [3.8, 4) is 11.4 Å². The summed E-state index contributed by atoms with van der Waals surface area (Å²) in [7, 11) is 1.85. The molecule has 0 aliphatic carbocycles. The van der Waals surface area contributed by atoms with Crippen LogP contribution in [0.5, 0.6) is 0 Å². The minimum Gasteiger partial charge on any atom is -0.283 e. The van der Waals surface area contributed by atoms with Gasteiger partial charge in [-0.1, -0.05) is 54.2 Å². The first-order chi connectivity index (χ1) is 15.1. The van der Waals surface area contributed by atoms with Gasteiger partial charge in [-0.2, -0.15) is 4.68 Å². The highest BCUT2D eigenvalue weighted by atomic mass is 32.2. The third-order valence-electron chi connectivity index (χ3n) is 5.18. The van der Waals surface area contributed by atoms with Crippen LogP contribution in [-0.2, 0) is 12.8 Å². The molecule has 0 radical (unpaired) electrons. The van der Waals surface area contributed by atoms with E-state index < -0.39 is 0 Å². The van der Waals surface area contributed by atoms with Crippen LogP contribution in [0.2, 0.25) is 0 Å². The van der Waals surface area contributed by atoms with Crippen LogP contribution in [0.3, 0.4) is 0 Å². The first-order valence-corrected chi connectivity index (χ1v) is 10.7. The number of rotatable bonds is 5. The molecule has 0 N–H and O–H groups in total. The zero-order valence-corrected chi connectivity index (χ0v) is 17.8. The number of para-hydroxylation sites is 2. The van der Waals surface area contributed by atoms with Gasteiger partial charge in [-0.05, 0) is 41.6 Å². The van der Waals surface area contributed by atoms with Crippen LogP contribution in [0.15, 0.2) is 76.7 Å². The second kappa shape index (κ2) is 7.84. The molecule has 0 saturated heterocycles. The standard InChI is InChI=1S/C22H19N7OS/c1-15-20(21(30)29(27(15)2)18-9-4-3-5-10-18)28-22(24-25-26-28)31-14-17-13-12-16-8-6-7-11-19(16)23-17/h3-13H,14H2,1-2H3. The molecule has 5 aromatic rings. The van der Waals surface area contributed by atoms with Crippen molar-refractivity contribution in [2.45, 2.75) is 17.8 Å².